The lowest BCUT2D eigenvalue weighted by Gasteiger charge is -2.34. The van der Waals surface area contributed by atoms with Gasteiger partial charge in [-0.25, -0.2) is 0 Å². The molecule has 2 nitrogen and oxygen atoms in total. The lowest BCUT2D eigenvalue weighted by atomic mass is 10.0. The van der Waals surface area contributed by atoms with Crippen LogP contribution in [0.3, 0.4) is 0 Å². The molecule has 1 aromatic heterocycles. The van der Waals surface area contributed by atoms with E-state index in [4.69, 9.17) is 0 Å². The molecule has 2 aromatic rings. The van der Waals surface area contributed by atoms with E-state index in [0.717, 1.165) is 26.2 Å². The van der Waals surface area contributed by atoms with Crippen LogP contribution in [-0.4, -0.2) is 31.1 Å². The summed E-state index contributed by atoms with van der Waals surface area (Å²) in [5.74, 6) is 0. The van der Waals surface area contributed by atoms with Crippen LogP contribution in [0.2, 0.25) is 0 Å². The maximum absolute atomic E-state index is 3.44. The van der Waals surface area contributed by atoms with E-state index >= 15 is 0 Å². The van der Waals surface area contributed by atoms with Gasteiger partial charge < -0.3 is 5.32 Å². The van der Waals surface area contributed by atoms with Crippen LogP contribution in [0, 0.1) is 6.92 Å². The normalized spacial score (nSPS) is 18.4. The Bertz CT molecular complexity index is 498. The fourth-order valence-electron chi connectivity index (χ4n) is 2.69. The lowest BCUT2D eigenvalue weighted by molar-refractivity contribution is 0.200. The van der Waals surface area contributed by atoms with Gasteiger partial charge in [0.05, 0.1) is 6.04 Å². The van der Waals surface area contributed by atoms with Gasteiger partial charge in [0.25, 0.3) is 0 Å². The zero-order chi connectivity index (χ0) is 13.1. The van der Waals surface area contributed by atoms with E-state index < -0.39 is 0 Å². The summed E-state index contributed by atoms with van der Waals surface area (Å²) in [6.45, 7) is 6.57. The van der Waals surface area contributed by atoms with Crippen LogP contribution < -0.4 is 5.32 Å². The van der Waals surface area contributed by atoms with Crippen molar-refractivity contribution in [1.82, 2.24) is 10.2 Å². The minimum atomic E-state index is 0.419. The molecule has 1 saturated heterocycles. The molecule has 3 rings (SSSR count). The highest BCUT2D eigenvalue weighted by atomic mass is 32.1. The molecule has 1 atom stereocenters. The average molecular weight is 272 g/mol. The molecule has 0 spiro atoms. The monoisotopic (exact) mass is 272 g/mol. The van der Waals surface area contributed by atoms with Crippen molar-refractivity contribution in [2.45, 2.75) is 13.0 Å². The highest BCUT2D eigenvalue weighted by Crippen LogP contribution is 2.32. The Morgan fingerprint density at radius 3 is 2.47 bits per heavy atom. The predicted molar refractivity (Wildman–Crippen MR) is 81.8 cm³/mol. The van der Waals surface area contributed by atoms with Crippen molar-refractivity contribution < 1.29 is 0 Å². The lowest BCUT2D eigenvalue weighted by Crippen LogP contribution is -2.45. The Hall–Kier alpha value is -1.16. The summed E-state index contributed by atoms with van der Waals surface area (Å²) in [5, 5.41) is 5.62. The van der Waals surface area contributed by atoms with E-state index in [9.17, 15) is 0 Å². The van der Waals surface area contributed by atoms with Gasteiger partial charge in [0.15, 0.2) is 0 Å². The number of nitrogens with one attached hydrogen (secondary N) is 1. The number of piperazine rings is 1. The number of benzene rings is 1. The third-order valence-corrected chi connectivity index (χ3v) is 4.65. The van der Waals surface area contributed by atoms with Crippen molar-refractivity contribution in [1.29, 1.82) is 0 Å². The van der Waals surface area contributed by atoms with Crippen LogP contribution in [0.25, 0.3) is 0 Å². The van der Waals surface area contributed by atoms with Gasteiger partial charge in [-0.3, -0.25) is 4.90 Å². The van der Waals surface area contributed by atoms with Gasteiger partial charge in [-0.15, -0.1) is 11.3 Å². The second-order valence-corrected chi connectivity index (χ2v) is 6.09. The van der Waals surface area contributed by atoms with E-state index in [-0.39, 0.29) is 0 Å². The fourth-order valence-corrected chi connectivity index (χ4v) is 3.58. The summed E-state index contributed by atoms with van der Waals surface area (Å²) in [6, 6.07) is 13.8. The molecule has 1 aromatic carbocycles. The van der Waals surface area contributed by atoms with Gasteiger partial charge >= 0.3 is 0 Å². The van der Waals surface area contributed by atoms with E-state index in [1.54, 1.807) is 0 Å². The second kappa shape index (κ2) is 5.87. The maximum atomic E-state index is 3.44. The van der Waals surface area contributed by atoms with Gasteiger partial charge in [-0.2, -0.15) is 0 Å². The number of aryl methyl sites for hydroxylation is 1. The number of thiophene rings is 1. The Balaban J connectivity index is 1.93. The largest absolute Gasteiger partial charge is 0.314 e. The first kappa shape index (κ1) is 12.9. The molecule has 19 heavy (non-hydrogen) atoms. The molecule has 0 bridgehead atoms. The number of rotatable bonds is 3. The molecule has 3 heteroatoms. The van der Waals surface area contributed by atoms with Crippen molar-refractivity contribution in [2.75, 3.05) is 26.2 Å². The van der Waals surface area contributed by atoms with Crippen molar-refractivity contribution in [3.63, 3.8) is 0 Å². The first-order valence-electron chi connectivity index (χ1n) is 6.89. The van der Waals surface area contributed by atoms with Crippen LogP contribution in [-0.2, 0) is 0 Å². The van der Waals surface area contributed by atoms with E-state index in [2.05, 4.69) is 58.9 Å². The molecule has 2 heterocycles. The van der Waals surface area contributed by atoms with E-state index in [1.807, 2.05) is 11.3 Å². The summed E-state index contributed by atoms with van der Waals surface area (Å²) in [4.78, 5) is 4.04. The number of hydrogen-bond donors (Lipinski definition) is 1. The van der Waals surface area contributed by atoms with Gasteiger partial charge in [-0.05, 0) is 23.9 Å². The van der Waals surface area contributed by atoms with Crippen molar-refractivity contribution in [2.24, 2.45) is 0 Å². The van der Waals surface area contributed by atoms with Crippen LogP contribution in [0.4, 0.5) is 0 Å². The Morgan fingerprint density at radius 1 is 1.11 bits per heavy atom. The second-order valence-electron chi connectivity index (χ2n) is 5.11. The van der Waals surface area contributed by atoms with Gasteiger partial charge in [0, 0.05) is 31.1 Å². The van der Waals surface area contributed by atoms with Crippen LogP contribution in [0.1, 0.15) is 22.0 Å². The summed E-state index contributed by atoms with van der Waals surface area (Å²) in [6.07, 6.45) is 0. The van der Waals surface area contributed by atoms with E-state index in [1.165, 1.54) is 16.0 Å². The molecule has 1 fully saturated rings. The molecule has 0 unspecified atom stereocenters. The summed E-state index contributed by atoms with van der Waals surface area (Å²) in [5.41, 5.74) is 2.74. The molecule has 1 aliphatic heterocycles. The zero-order valence-electron chi connectivity index (χ0n) is 11.3. The molecule has 1 N–H and O–H groups in total. The molecule has 0 aliphatic carbocycles. The van der Waals surface area contributed by atoms with Crippen molar-refractivity contribution in [3.8, 4) is 0 Å². The summed E-state index contributed by atoms with van der Waals surface area (Å²) in [7, 11) is 0. The highest BCUT2D eigenvalue weighted by molar-refractivity contribution is 7.10. The quantitative estimate of drug-likeness (QED) is 0.924. The standard InChI is InChI=1S/C16H20N2S/c1-13-4-6-14(7-5-13)16(15-3-2-12-19-15)18-10-8-17-9-11-18/h2-7,12,16-17H,8-11H2,1H3/t16-/m0/s1. The van der Waals surface area contributed by atoms with Crippen LogP contribution in [0.5, 0.6) is 0 Å². The van der Waals surface area contributed by atoms with Gasteiger partial charge in [0.1, 0.15) is 0 Å². The molecular formula is C16H20N2S. The van der Waals surface area contributed by atoms with Crippen LogP contribution in [0.15, 0.2) is 41.8 Å². The molecule has 100 valence electrons. The Kier molecular flexibility index (Phi) is 3.97. The highest BCUT2D eigenvalue weighted by Gasteiger charge is 2.24. The molecule has 0 amide bonds. The first-order chi connectivity index (χ1) is 9.34. The van der Waals surface area contributed by atoms with Crippen LogP contribution >= 0.6 is 11.3 Å². The minimum absolute atomic E-state index is 0.419. The smallest absolute Gasteiger partial charge is 0.0696 e. The molecular weight excluding hydrogens is 252 g/mol. The zero-order valence-corrected chi connectivity index (χ0v) is 12.1. The predicted octanol–water partition coefficient (Wildman–Crippen LogP) is 3.05. The van der Waals surface area contributed by atoms with Gasteiger partial charge in [0.2, 0.25) is 0 Å². The topological polar surface area (TPSA) is 15.3 Å². The number of nitrogens with zero attached hydrogens (tertiary/aromatic N) is 1. The van der Waals surface area contributed by atoms with Crippen molar-refractivity contribution >= 4 is 11.3 Å². The van der Waals surface area contributed by atoms with E-state index in [0.29, 0.717) is 6.04 Å². The van der Waals surface area contributed by atoms with Gasteiger partial charge in [-0.1, -0.05) is 35.9 Å². The average Bonchev–Trinajstić information content (AvgIpc) is 2.96. The third kappa shape index (κ3) is 2.89. The molecule has 0 radical (unpaired) electrons. The molecule has 1 aliphatic rings. The summed E-state index contributed by atoms with van der Waals surface area (Å²) >= 11 is 1.86. The Labute approximate surface area is 119 Å². The third-order valence-electron chi connectivity index (χ3n) is 3.72. The minimum Gasteiger partial charge on any atom is -0.314 e. The molecule has 0 saturated carbocycles. The number of hydrogen-bond acceptors (Lipinski definition) is 3. The summed E-state index contributed by atoms with van der Waals surface area (Å²) < 4.78 is 0. The Morgan fingerprint density at radius 2 is 1.84 bits per heavy atom. The maximum Gasteiger partial charge on any atom is 0.0696 e. The fraction of sp³-hybridized carbons (Fsp3) is 0.375. The SMILES string of the molecule is Cc1ccc([C@@H](c2cccs2)N2CCNCC2)cc1. The first-order valence-corrected chi connectivity index (χ1v) is 7.77. The van der Waals surface area contributed by atoms with Crippen molar-refractivity contribution in [3.05, 3.63) is 57.8 Å².